The molecule has 0 bridgehead atoms. The first-order chi connectivity index (χ1) is 7.31. The minimum atomic E-state index is -0.209. The third-order valence-corrected chi connectivity index (χ3v) is 4.62. The fourth-order valence-electron chi connectivity index (χ4n) is 2.68. The highest BCUT2D eigenvalue weighted by atomic mass is 32.1. The quantitative estimate of drug-likeness (QED) is 0.823. The Balaban J connectivity index is 1.98. The molecule has 1 aliphatic rings. The van der Waals surface area contributed by atoms with Crippen LogP contribution < -0.4 is 0 Å². The molecule has 1 N–H and O–H groups in total. The average Bonchev–Trinajstić information content (AvgIpc) is 2.81. The van der Waals surface area contributed by atoms with Gasteiger partial charge in [0.05, 0.1) is 6.10 Å². The summed E-state index contributed by atoms with van der Waals surface area (Å²) in [7, 11) is 0. The maximum atomic E-state index is 10.3. The number of hydrogen-bond acceptors (Lipinski definition) is 2. The molecule has 1 aromatic heterocycles. The van der Waals surface area contributed by atoms with E-state index in [0.717, 1.165) is 10.8 Å². The number of rotatable bonds is 3. The van der Waals surface area contributed by atoms with Crippen molar-refractivity contribution in [1.82, 2.24) is 0 Å². The van der Waals surface area contributed by atoms with Crippen molar-refractivity contribution < 1.29 is 5.11 Å². The summed E-state index contributed by atoms with van der Waals surface area (Å²) in [6, 6.07) is 4.09. The van der Waals surface area contributed by atoms with E-state index in [1.807, 2.05) is 6.07 Å². The topological polar surface area (TPSA) is 20.2 Å². The molecule has 0 amide bonds. The molecule has 0 aliphatic heterocycles. The lowest BCUT2D eigenvalue weighted by atomic mass is 9.77. The second-order valence-electron chi connectivity index (χ2n) is 4.66. The van der Waals surface area contributed by atoms with Crippen LogP contribution in [-0.2, 0) is 0 Å². The van der Waals surface area contributed by atoms with E-state index < -0.39 is 0 Å². The fourth-order valence-corrected chi connectivity index (χ4v) is 3.49. The Morgan fingerprint density at radius 2 is 2.40 bits per heavy atom. The molecule has 1 heterocycles. The van der Waals surface area contributed by atoms with E-state index in [0.29, 0.717) is 5.92 Å². The van der Waals surface area contributed by atoms with Crippen LogP contribution in [-0.4, -0.2) is 5.11 Å². The molecule has 0 radical (unpaired) electrons. The molecule has 84 valence electrons. The van der Waals surface area contributed by atoms with Gasteiger partial charge in [-0.15, -0.1) is 11.3 Å². The molecule has 0 aromatic carbocycles. The van der Waals surface area contributed by atoms with Crippen molar-refractivity contribution in [1.29, 1.82) is 0 Å². The zero-order valence-electron chi connectivity index (χ0n) is 9.36. The van der Waals surface area contributed by atoms with Gasteiger partial charge in [0.25, 0.3) is 0 Å². The Hall–Kier alpha value is -0.340. The lowest BCUT2D eigenvalue weighted by Crippen LogP contribution is -2.20. The van der Waals surface area contributed by atoms with E-state index in [1.54, 1.807) is 11.3 Å². The van der Waals surface area contributed by atoms with Gasteiger partial charge in [0.2, 0.25) is 0 Å². The molecule has 0 saturated heterocycles. The van der Waals surface area contributed by atoms with Gasteiger partial charge in [-0.1, -0.05) is 32.3 Å². The summed E-state index contributed by atoms with van der Waals surface area (Å²) >= 11 is 1.68. The number of hydrogen-bond donors (Lipinski definition) is 1. The van der Waals surface area contributed by atoms with Crippen molar-refractivity contribution >= 4 is 11.3 Å². The van der Waals surface area contributed by atoms with E-state index in [1.165, 1.54) is 32.1 Å². The van der Waals surface area contributed by atoms with Crippen molar-refractivity contribution in [3.05, 3.63) is 22.4 Å². The van der Waals surface area contributed by atoms with Gasteiger partial charge in [-0.3, -0.25) is 0 Å². The second-order valence-corrected chi connectivity index (χ2v) is 5.64. The Morgan fingerprint density at radius 1 is 1.53 bits per heavy atom. The van der Waals surface area contributed by atoms with Crippen molar-refractivity contribution in [2.75, 3.05) is 0 Å². The molecule has 2 heteroatoms. The lowest BCUT2D eigenvalue weighted by Gasteiger charge is -2.31. The van der Waals surface area contributed by atoms with E-state index in [9.17, 15) is 5.11 Å². The van der Waals surface area contributed by atoms with Gasteiger partial charge in [0, 0.05) is 4.88 Å². The van der Waals surface area contributed by atoms with E-state index in [-0.39, 0.29) is 6.10 Å². The molecule has 1 aromatic rings. The Labute approximate surface area is 96.1 Å². The van der Waals surface area contributed by atoms with Crippen LogP contribution in [0.15, 0.2) is 17.5 Å². The van der Waals surface area contributed by atoms with Crippen LogP contribution in [0.3, 0.4) is 0 Å². The van der Waals surface area contributed by atoms with Gasteiger partial charge < -0.3 is 5.11 Å². The van der Waals surface area contributed by atoms with Crippen LogP contribution in [0.25, 0.3) is 0 Å². The molecular weight excluding hydrogens is 204 g/mol. The summed E-state index contributed by atoms with van der Waals surface area (Å²) in [5.74, 6) is 1.35. The highest BCUT2D eigenvalue weighted by molar-refractivity contribution is 7.10. The van der Waals surface area contributed by atoms with Crippen LogP contribution in [0.1, 0.15) is 50.0 Å². The van der Waals surface area contributed by atoms with E-state index in [4.69, 9.17) is 0 Å². The van der Waals surface area contributed by atoms with E-state index >= 15 is 0 Å². The zero-order valence-corrected chi connectivity index (χ0v) is 10.2. The third-order valence-electron chi connectivity index (χ3n) is 3.68. The largest absolute Gasteiger partial charge is 0.387 e. The predicted molar refractivity (Wildman–Crippen MR) is 65.0 cm³/mol. The second kappa shape index (κ2) is 5.13. The first kappa shape index (κ1) is 11.2. The normalized spacial score (nSPS) is 28.9. The molecule has 2 rings (SSSR count). The summed E-state index contributed by atoms with van der Waals surface area (Å²) in [5, 5.41) is 12.3. The zero-order chi connectivity index (χ0) is 10.7. The van der Waals surface area contributed by atoms with Crippen molar-refractivity contribution in [2.24, 2.45) is 11.8 Å². The third kappa shape index (κ3) is 2.61. The summed E-state index contributed by atoms with van der Waals surface area (Å²) in [5.41, 5.74) is 0. The summed E-state index contributed by atoms with van der Waals surface area (Å²) in [6.45, 7) is 2.27. The van der Waals surface area contributed by atoms with E-state index in [2.05, 4.69) is 18.4 Å². The van der Waals surface area contributed by atoms with Gasteiger partial charge in [0.1, 0.15) is 0 Å². The maximum Gasteiger partial charge on any atom is 0.0910 e. The Morgan fingerprint density at radius 3 is 3.07 bits per heavy atom. The summed E-state index contributed by atoms with van der Waals surface area (Å²) in [4.78, 5) is 1.15. The fraction of sp³-hybridized carbons (Fsp3) is 0.692. The average molecular weight is 224 g/mol. The van der Waals surface area contributed by atoms with Crippen LogP contribution in [0, 0.1) is 11.8 Å². The van der Waals surface area contributed by atoms with Crippen LogP contribution in [0.2, 0.25) is 0 Å². The van der Waals surface area contributed by atoms with Crippen LogP contribution in [0.4, 0.5) is 0 Å². The standard InChI is InChI=1S/C13H20OS/c1-2-10-5-3-6-11(9-10)13(14)12-7-4-8-15-12/h4,7-8,10-11,13-14H,2-3,5-6,9H2,1H3. The molecule has 15 heavy (non-hydrogen) atoms. The van der Waals surface area contributed by atoms with Crippen LogP contribution in [0.5, 0.6) is 0 Å². The smallest absolute Gasteiger partial charge is 0.0910 e. The molecule has 1 saturated carbocycles. The van der Waals surface area contributed by atoms with Gasteiger partial charge >= 0.3 is 0 Å². The van der Waals surface area contributed by atoms with Gasteiger partial charge in [-0.05, 0) is 36.1 Å². The van der Waals surface area contributed by atoms with Crippen molar-refractivity contribution in [2.45, 2.75) is 45.1 Å². The molecule has 1 fully saturated rings. The van der Waals surface area contributed by atoms with Crippen molar-refractivity contribution in [3.8, 4) is 0 Å². The van der Waals surface area contributed by atoms with Gasteiger partial charge in [0.15, 0.2) is 0 Å². The Kier molecular flexibility index (Phi) is 3.81. The monoisotopic (exact) mass is 224 g/mol. The lowest BCUT2D eigenvalue weighted by molar-refractivity contribution is 0.0705. The number of aliphatic hydroxyl groups excluding tert-OH is 1. The molecule has 3 atom stereocenters. The van der Waals surface area contributed by atoms with Gasteiger partial charge in [-0.25, -0.2) is 0 Å². The summed E-state index contributed by atoms with van der Waals surface area (Å²) < 4.78 is 0. The highest BCUT2D eigenvalue weighted by Gasteiger charge is 2.27. The molecule has 1 nitrogen and oxygen atoms in total. The summed E-state index contributed by atoms with van der Waals surface area (Å²) in [6.07, 6.45) is 6.15. The maximum absolute atomic E-state index is 10.3. The molecule has 1 aliphatic carbocycles. The van der Waals surface area contributed by atoms with Gasteiger partial charge in [-0.2, -0.15) is 0 Å². The highest BCUT2D eigenvalue weighted by Crippen LogP contribution is 2.39. The molecular formula is C13H20OS. The SMILES string of the molecule is CCC1CCCC(C(O)c2cccs2)C1. The number of thiophene rings is 1. The predicted octanol–water partition coefficient (Wildman–Crippen LogP) is 4.00. The number of aliphatic hydroxyl groups is 1. The van der Waals surface area contributed by atoms with Crippen molar-refractivity contribution in [3.63, 3.8) is 0 Å². The van der Waals surface area contributed by atoms with Crippen LogP contribution >= 0.6 is 11.3 Å². The molecule has 0 spiro atoms. The first-order valence-corrected chi connectivity index (χ1v) is 6.90. The Bertz CT molecular complexity index is 281. The molecule has 3 unspecified atom stereocenters. The first-order valence-electron chi connectivity index (χ1n) is 6.02. The minimum absolute atomic E-state index is 0.209. The minimum Gasteiger partial charge on any atom is -0.387 e.